The Labute approximate surface area is 239 Å². The molecule has 3 atom stereocenters. The minimum Gasteiger partial charge on any atom is -0.391 e. The largest absolute Gasteiger partial charge is 0.391 e. The van der Waals surface area contributed by atoms with E-state index in [9.17, 15) is 28.0 Å². The molecule has 0 aromatic carbocycles. The predicted octanol–water partition coefficient (Wildman–Crippen LogP) is 7.04. The number of carbonyl (C=O) groups is 1. The number of aliphatic hydroxyl groups is 2. The molecule has 0 spiro atoms. The summed E-state index contributed by atoms with van der Waals surface area (Å²) in [6, 6.07) is -1.15. The van der Waals surface area contributed by atoms with Crippen molar-refractivity contribution in [3.05, 3.63) is 24.3 Å². The van der Waals surface area contributed by atoms with Gasteiger partial charge in [-0.1, -0.05) is 128 Å². The molecule has 0 heterocycles. The molecule has 0 aliphatic heterocycles. The van der Waals surface area contributed by atoms with Gasteiger partial charge in [-0.15, -0.1) is 0 Å². The van der Waals surface area contributed by atoms with Crippen LogP contribution in [0, 0.1) is 0 Å². The lowest BCUT2D eigenvalue weighted by Crippen LogP contribution is -2.50. The van der Waals surface area contributed by atoms with E-state index in [4.69, 9.17) is 0 Å². The summed E-state index contributed by atoms with van der Waals surface area (Å²) in [4.78, 5) is 12.4. The van der Waals surface area contributed by atoms with Crippen LogP contribution in [0.1, 0.15) is 142 Å². The first kappa shape index (κ1) is 37.8. The number of amides is 1. The molecule has 3 unspecified atom stereocenters. The van der Waals surface area contributed by atoms with Gasteiger partial charge in [0.2, 0.25) is 5.91 Å². The molecule has 0 saturated carbocycles. The monoisotopic (exact) mass is 573 g/mol. The standard InChI is InChI=1S/C31H59NO6S/c1-3-5-7-9-11-13-14-15-16-17-18-20-22-24-26-30(34)31(35)32-28(27-39(36,37)38)29(33)25-23-21-19-12-10-8-6-4-2/h11,13-15,28-30,33-34H,3-10,12,16-27H2,1-2H3,(H,32,35)(H,36,37,38)/b13-11-,15-14-. The Morgan fingerprint density at radius 1 is 0.692 bits per heavy atom. The maximum atomic E-state index is 12.4. The molecular formula is C31H59NO6S. The van der Waals surface area contributed by atoms with E-state index >= 15 is 0 Å². The maximum Gasteiger partial charge on any atom is 0.266 e. The highest BCUT2D eigenvalue weighted by molar-refractivity contribution is 7.85. The quantitative estimate of drug-likeness (QED) is 0.0475. The third kappa shape index (κ3) is 25.5. The number of nitrogens with one attached hydrogen (secondary N) is 1. The molecule has 0 aliphatic rings. The maximum absolute atomic E-state index is 12.4. The molecule has 0 bridgehead atoms. The molecule has 0 fully saturated rings. The Bertz CT molecular complexity index is 737. The number of hydrogen-bond acceptors (Lipinski definition) is 5. The van der Waals surface area contributed by atoms with Crippen LogP contribution in [0.5, 0.6) is 0 Å². The molecule has 39 heavy (non-hydrogen) atoms. The molecule has 0 aromatic rings. The van der Waals surface area contributed by atoms with Crippen molar-refractivity contribution in [2.75, 3.05) is 5.75 Å². The van der Waals surface area contributed by atoms with E-state index in [-0.39, 0.29) is 6.42 Å². The summed E-state index contributed by atoms with van der Waals surface area (Å²) < 4.78 is 32.2. The molecule has 7 nitrogen and oxygen atoms in total. The Balaban J connectivity index is 4.17. The van der Waals surface area contributed by atoms with Gasteiger partial charge in [0.25, 0.3) is 10.1 Å². The fraction of sp³-hybridized carbons (Fsp3) is 0.839. The molecule has 0 rings (SSSR count). The van der Waals surface area contributed by atoms with Gasteiger partial charge >= 0.3 is 0 Å². The highest BCUT2D eigenvalue weighted by Gasteiger charge is 2.28. The zero-order valence-corrected chi connectivity index (χ0v) is 25.7. The minimum atomic E-state index is -4.40. The summed E-state index contributed by atoms with van der Waals surface area (Å²) in [5, 5.41) is 23.2. The lowest BCUT2D eigenvalue weighted by molar-refractivity contribution is -0.131. The lowest BCUT2D eigenvalue weighted by Gasteiger charge is -2.24. The highest BCUT2D eigenvalue weighted by Crippen LogP contribution is 2.14. The van der Waals surface area contributed by atoms with Crippen molar-refractivity contribution in [1.82, 2.24) is 5.32 Å². The fourth-order valence-corrected chi connectivity index (χ4v) is 5.33. The molecule has 4 N–H and O–H groups in total. The van der Waals surface area contributed by atoms with Crippen molar-refractivity contribution in [3.8, 4) is 0 Å². The van der Waals surface area contributed by atoms with Crippen LogP contribution in [0.15, 0.2) is 24.3 Å². The second-order valence-corrected chi connectivity index (χ2v) is 12.4. The number of allylic oxidation sites excluding steroid dienone is 4. The van der Waals surface area contributed by atoms with E-state index in [1.807, 2.05) is 0 Å². The van der Waals surface area contributed by atoms with Gasteiger partial charge in [0.15, 0.2) is 0 Å². The van der Waals surface area contributed by atoms with Gasteiger partial charge in [0, 0.05) is 0 Å². The van der Waals surface area contributed by atoms with Crippen molar-refractivity contribution in [1.29, 1.82) is 0 Å². The number of unbranched alkanes of at least 4 members (excludes halogenated alkanes) is 15. The van der Waals surface area contributed by atoms with Crippen LogP contribution in [0.4, 0.5) is 0 Å². The fourth-order valence-electron chi connectivity index (χ4n) is 4.57. The Morgan fingerprint density at radius 3 is 1.67 bits per heavy atom. The van der Waals surface area contributed by atoms with E-state index in [1.54, 1.807) is 0 Å². The van der Waals surface area contributed by atoms with Crippen molar-refractivity contribution in [2.45, 2.75) is 161 Å². The topological polar surface area (TPSA) is 124 Å². The van der Waals surface area contributed by atoms with Crippen LogP contribution in [0.25, 0.3) is 0 Å². The Kier molecular flexibility index (Phi) is 24.9. The molecule has 8 heteroatoms. The van der Waals surface area contributed by atoms with Gasteiger partial charge in [0.1, 0.15) is 6.10 Å². The first-order valence-corrected chi connectivity index (χ1v) is 17.3. The number of carbonyl (C=O) groups excluding carboxylic acids is 1. The van der Waals surface area contributed by atoms with Crippen molar-refractivity contribution in [3.63, 3.8) is 0 Å². The SMILES string of the molecule is CCCCC/C=C\C=C/CCCCCCCC(O)C(=O)NC(CS(=O)(=O)O)C(O)CCCCCCCCCC. The number of aliphatic hydroxyl groups excluding tert-OH is 2. The molecule has 1 amide bonds. The molecule has 0 radical (unpaired) electrons. The van der Waals surface area contributed by atoms with Crippen molar-refractivity contribution in [2.24, 2.45) is 0 Å². The summed E-state index contributed by atoms with van der Waals surface area (Å²) in [6.45, 7) is 4.39. The first-order valence-electron chi connectivity index (χ1n) is 15.6. The van der Waals surface area contributed by atoms with Crippen molar-refractivity contribution >= 4 is 16.0 Å². The predicted molar refractivity (Wildman–Crippen MR) is 162 cm³/mol. The normalized spacial score (nSPS) is 14.7. The zero-order chi connectivity index (χ0) is 29.2. The molecule has 0 aromatic heterocycles. The van der Waals surface area contributed by atoms with Gasteiger partial charge in [-0.05, 0) is 38.5 Å². The van der Waals surface area contributed by atoms with Gasteiger partial charge in [-0.2, -0.15) is 8.42 Å². The van der Waals surface area contributed by atoms with Crippen LogP contribution in [0.2, 0.25) is 0 Å². The number of rotatable bonds is 27. The average molecular weight is 574 g/mol. The van der Waals surface area contributed by atoms with Crippen molar-refractivity contribution < 1.29 is 28.0 Å². The van der Waals surface area contributed by atoms with E-state index in [0.717, 1.165) is 57.8 Å². The number of hydrogen-bond donors (Lipinski definition) is 4. The van der Waals surface area contributed by atoms with Gasteiger partial charge in [-0.25, -0.2) is 0 Å². The minimum absolute atomic E-state index is 0.279. The van der Waals surface area contributed by atoms with Gasteiger partial charge < -0.3 is 15.5 Å². The summed E-state index contributed by atoms with van der Waals surface area (Å²) in [5.41, 5.74) is 0. The van der Waals surface area contributed by atoms with Crippen LogP contribution >= 0.6 is 0 Å². The Hall–Kier alpha value is -1.22. The highest BCUT2D eigenvalue weighted by atomic mass is 32.2. The average Bonchev–Trinajstić information content (AvgIpc) is 2.88. The first-order chi connectivity index (χ1) is 18.7. The zero-order valence-electron chi connectivity index (χ0n) is 24.9. The molecule has 0 aliphatic carbocycles. The van der Waals surface area contributed by atoms with E-state index in [1.165, 1.54) is 44.9 Å². The molecule has 0 saturated heterocycles. The van der Waals surface area contributed by atoms with Gasteiger partial charge in [-0.3, -0.25) is 9.35 Å². The molecule has 230 valence electrons. The van der Waals surface area contributed by atoms with Crippen LogP contribution in [-0.2, 0) is 14.9 Å². The van der Waals surface area contributed by atoms with E-state index in [0.29, 0.717) is 19.3 Å². The second-order valence-electron chi connectivity index (χ2n) is 10.9. The summed E-state index contributed by atoms with van der Waals surface area (Å²) in [5.74, 6) is -1.47. The van der Waals surface area contributed by atoms with Crippen LogP contribution in [0.3, 0.4) is 0 Å². The second kappa shape index (κ2) is 25.7. The summed E-state index contributed by atoms with van der Waals surface area (Å²) >= 11 is 0. The van der Waals surface area contributed by atoms with Crippen LogP contribution < -0.4 is 5.32 Å². The summed E-state index contributed by atoms with van der Waals surface area (Å²) in [7, 11) is -4.40. The third-order valence-corrected chi connectivity index (χ3v) is 7.82. The Morgan fingerprint density at radius 2 is 1.13 bits per heavy atom. The lowest BCUT2D eigenvalue weighted by atomic mass is 10.0. The summed E-state index contributed by atoms with van der Waals surface area (Å²) in [6.07, 6.45) is 26.4. The van der Waals surface area contributed by atoms with E-state index in [2.05, 4.69) is 43.5 Å². The van der Waals surface area contributed by atoms with Crippen LogP contribution in [-0.4, -0.2) is 53.1 Å². The third-order valence-electron chi connectivity index (χ3n) is 7.04. The van der Waals surface area contributed by atoms with E-state index < -0.39 is 40.0 Å². The molecular weight excluding hydrogens is 514 g/mol. The smallest absolute Gasteiger partial charge is 0.266 e. The van der Waals surface area contributed by atoms with Gasteiger partial charge in [0.05, 0.1) is 17.9 Å².